The van der Waals surface area contributed by atoms with Crippen molar-refractivity contribution >= 4 is 11.8 Å². The number of hydrazine groups is 1. The lowest BCUT2D eigenvalue weighted by Gasteiger charge is -2.34. The first-order valence-corrected chi connectivity index (χ1v) is 6.87. The second kappa shape index (κ2) is 6.42. The number of nitrogens with zero attached hydrogens (tertiary/aromatic N) is 6. The Morgan fingerprint density at radius 2 is 1.76 bits per heavy atom. The Bertz CT molecular complexity index is 550. The largest absolute Gasteiger partial charge is 0.338 e. The van der Waals surface area contributed by atoms with Gasteiger partial charge in [-0.15, -0.1) is 0 Å². The van der Waals surface area contributed by atoms with Crippen molar-refractivity contribution in [3.63, 3.8) is 0 Å². The summed E-state index contributed by atoms with van der Waals surface area (Å²) in [5.41, 5.74) is 3.42. The fourth-order valence-corrected chi connectivity index (χ4v) is 2.30. The summed E-state index contributed by atoms with van der Waals surface area (Å²) in [6, 6.07) is 1.83. The fourth-order valence-electron chi connectivity index (χ4n) is 2.30. The maximum Gasteiger partial charge on any atom is 0.225 e. The maximum absolute atomic E-state index is 5.27. The van der Waals surface area contributed by atoms with Crippen molar-refractivity contribution in [2.24, 2.45) is 5.84 Å². The van der Waals surface area contributed by atoms with Gasteiger partial charge in [-0.25, -0.2) is 20.8 Å². The van der Waals surface area contributed by atoms with E-state index in [1.54, 1.807) is 24.8 Å². The van der Waals surface area contributed by atoms with E-state index in [-0.39, 0.29) is 0 Å². The van der Waals surface area contributed by atoms with E-state index in [0.29, 0.717) is 5.82 Å². The van der Waals surface area contributed by atoms with Crippen LogP contribution < -0.4 is 16.2 Å². The highest BCUT2D eigenvalue weighted by Gasteiger charge is 2.19. The molecule has 3 heterocycles. The van der Waals surface area contributed by atoms with E-state index >= 15 is 0 Å². The molecule has 0 atom stereocenters. The van der Waals surface area contributed by atoms with Gasteiger partial charge in [0.2, 0.25) is 5.95 Å². The zero-order valence-electron chi connectivity index (χ0n) is 11.7. The van der Waals surface area contributed by atoms with Crippen LogP contribution in [0.3, 0.4) is 0 Å². The first-order chi connectivity index (χ1) is 10.3. The Hall–Kier alpha value is -2.32. The highest BCUT2D eigenvalue weighted by molar-refractivity contribution is 5.30. The molecule has 0 spiro atoms. The van der Waals surface area contributed by atoms with Gasteiger partial charge in [0.15, 0.2) is 5.82 Å². The minimum absolute atomic E-state index is 0.574. The van der Waals surface area contributed by atoms with Gasteiger partial charge in [0, 0.05) is 45.1 Å². The second-order valence-electron chi connectivity index (χ2n) is 4.85. The Morgan fingerprint density at radius 3 is 2.38 bits per heavy atom. The van der Waals surface area contributed by atoms with E-state index in [1.807, 2.05) is 6.07 Å². The normalized spacial score (nSPS) is 16.0. The zero-order chi connectivity index (χ0) is 14.5. The molecule has 3 rings (SSSR count). The van der Waals surface area contributed by atoms with Crippen LogP contribution in [0, 0.1) is 0 Å². The first-order valence-electron chi connectivity index (χ1n) is 6.87. The number of piperazine rings is 1. The number of hydrogen-bond donors (Lipinski definition) is 2. The van der Waals surface area contributed by atoms with Crippen LogP contribution in [0.25, 0.3) is 0 Å². The number of rotatable bonds is 4. The predicted octanol–water partition coefficient (Wildman–Crippen LogP) is -0.126. The highest BCUT2D eigenvalue weighted by atomic mass is 15.3. The third-order valence-electron chi connectivity index (χ3n) is 3.45. The van der Waals surface area contributed by atoms with Crippen LogP contribution in [0.5, 0.6) is 0 Å². The van der Waals surface area contributed by atoms with Crippen molar-refractivity contribution in [2.45, 2.75) is 6.54 Å². The summed E-state index contributed by atoms with van der Waals surface area (Å²) in [4.78, 5) is 21.6. The van der Waals surface area contributed by atoms with Gasteiger partial charge >= 0.3 is 0 Å². The molecule has 0 aromatic carbocycles. The van der Waals surface area contributed by atoms with Crippen LogP contribution in [-0.2, 0) is 6.54 Å². The molecule has 0 radical (unpaired) electrons. The number of aromatic nitrogens is 4. The van der Waals surface area contributed by atoms with E-state index in [2.05, 4.69) is 35.2 Å². The Labute approximate surface area is 123 Å². The lowest BCUT2D eigenvalue weighted by molar-refractivity contribution is 0.245. The monoisotopic (exact) mass is 286 g/mol. The molecule has 110 valence electrons. The molecule has 8 nitrogen and oxygen atoms in total. The van der Waals surface area contributed by atoms with Gasteiger partial charge in [-0.05, 0) is 6.07 Å². The molecule has 1 aliphatic heterocycles. The molecule has 2 aromatic rings. The smallest absolute Gasteiger partial charge is 0.225 e. The number of anilines is 2. The Morgan fingerprint density at radius 1 is 1.00 bits per heavy atom. The van der Waals surface area contributed by atoms with Gasteiger partial charge < -0.3 is 10.3 Å². The van der Waals surface area contributed by atoms with Gasteiger partial charge in [-0.3, -0.25) is 9.88 Å². The topological polar surface area (TPSA) is 96.1 Å². The van der Waals surface area contributed by atoms with Crippen LogP contribution >= 0.6 is 0 Å². The summed E-state index contributed by atoms with van der Waals surface area (Å²) < 4.78 is 0. The maximum atomic E-state index is 5.27. The summed E-state index contributed by atoms with van der Waals surface area (Å²) in [5.74, 6) is 6.65. The minimum Gasteiger partial charge on any atom is -0.338 e. The summed E-state index contributed by atoms with van der Waals surface area (Å²) in [5, 5.41) is 0. The van der Waals surface area contributed by atoms with E-state index < -0.39 is 0 Å². The third-order valence-corrected chi connectivity index (χ3v) is 3.45. The van der Waals surface area contributed by atoms with E-state index in [1.165, 1.54) is 0 Å². The van der Waals surface area contributed by atoms with E-state index in [0.717, 1.165) is 44.4 Å². The Balaban J connectivity index is 1.53. The fraction of sp³-hybridized carbons (Fsp3) is 0.385. The first kappa shape index (κ1) is 13.7. The molecular formula is C13H18N8. The molecule has 8 heteroatoms. The molecule has 0 bridgehead atoms. The number of nitrogens with one attached hydrogen (secondary N) is 1. The van der Waals surface area contributed by atoms with Crippen molar-refractivity contribution in [3.05, 3.63) is 36.5 Å². The van der Waals surface area contributed by atoms with Crippen LogP contribution in [0.2, 0.25) is 0 Å². The molecule has 3 N–H and O–H groups in total. The molecule has 21 heavy (non-hydrogen) atoms. The van der Waals surface area contributed by atoms with Crippen LogP contribution in [0.4, 0.5) is 11.8 Å². The molecule has 0 aliphatic carbocycles. The SMILES string of the molecule is NNc1cnc(CN2CCN(c3ncccn3)CC2)cn1. The Kier molecular flexibility index (Phi) is 4.17. The number of nitrogens with two attached hydrogens (primary N) is 1. The lowest BCUT2D eigenvalue weighted by Crippen LogP contribution is -2.46. The van der Waals surface area contributed by atoms with Gasteiger partial charge in [0.05, 0.1) is 18.1 Å². The van der Waals surface area contributed by atoms with Crippen molar-refractivity contribution < 1.29 is 0 Å². The van der Waals surface area contributed by atoms with E-state index in [9.17, 15) is 0 Å². The molecule has 1 saturated heterocycles. The highest BCUT2D eigenvalue weighted by Crippen LogP contribution is 2.11. The molecule has 2 aromatic heterocycles. The molecule has 0 amide bonds. The number of nitrogen functional groups attached to an aromatic ring is 1. The van der Waals surface area contributed by atoms with Gasteiger partial charge in [0.1, 0.15) is 0 Å². The summed E-state index contributed by atoms with van der Waals surface area (Å²) >= 11 is 0. The lowest BCUT2D eigenvalue weighted by atomic mass is 10.3. The standard InChI is InChI=1S/C13H18N8/c14-19-12-9-17-11(8-18-12)10-20-4-6-21(7-5-20)13-15-2-1-3-16-13/h1-3,8-9H,4-7,10,14H2,(H,18,19). The quantitative estimate of drug-likeness (QED) is 0.593. The van der Waals surface area contributed by atoms with Gasteiger partial charge in [-0.2, -0.15) is 0 Å². The number of hydrogen-bond acceptors (Lipinski definition) is 8. The minimum atomic E-state index is 0.574. The summed E-state index contributed by atoms with van der Waals surface area (Å²) in [7, 11) is 0. The van der Waals surface area contributed by atoms with Crippen LogP contribution in [0.1, 0.15) is 5.69 Å². The summed E-state index contributed by atoms with van der Waals surface area (Å²) in [6.45, 7) is 4.54. The molecule has 0 saturated carbocycles. The van der Waals surface area contributed by atoms with Crippen LogP contribution in [0.15, 0.2) is 30.9 Å². The molecule has 1 aliphatic rings. The average Bonchev–Trinajstić information content (AvgIpc) is 2.57. The van der Waals surface area contributed by atoms with Gasteiger partial charge in [0.25, 0.3) is 0 Å². The van der Waals surface area contributed by atoms with Crippen LogP contribution in [-0.4, -0.2) is 51.0 Å². The van der Waals surface area contributed by atoms with Gasteiger partial charge in [-0.1, -0.05) is 0 Å². The molecule has 0 unspecified atom stereocenters. The van der Waals surface area contributed by atoms with E-state index in [4.69, 9.17) is 5.84 Å². The third kappa shape index (κ3) is 3.41. The van der Waals surface area contributed by atoms with Crippen molar-refractivity contribution in [1.82, 2.24) is 24.8 Å². The molecular weight excluding hydrogens is 268 g/mol. The predicted molar refractivity (Wildman–Crippen MR) is 79.4 cm³/mol. The second-order valence-corrected chi connectivity index (χ2v) is 4.85. The molecule has 1 fully saturated rings. The average molecular weight is 286 g/mol. The van der Waals surface area contributed by atoms with Crippen molar-refractivity contribution in [2.75, 3.05) is 36.5 Å². The van der Waals surface area contributed by atoms with Crippen molar-refractivity contribution in [1.29, 1.82) is 0 Å². The zero-order valence-corrected chi connectivity index (χ0v) is 11.7. The summed E-state index contributed by atoms with van der Waals surface area (Å²) in [6.07, 6.45) is 6.94. The van der Waals surface area contributed by atoms with Crippen molar-refractivity contribution in [3.8, 4) is 0 Å².